The van der Waals surface area contributed by atoms with Crippen LogP contribution >= 0.6 is 11.8 Å². The number of rotatable bonds is 12. The molecule has 2 rings (SSSR count). The Morgan fingerprint density at radius 1 is 0.875 bits per heavy atom. The van der Waals surface area contributed by atoms with Gasteiger partial charge in [-0.25, -0.2) is 0 Å². The number of hydrogen-bond acceptors (Lipinski definition) is 3. The molecule has 2 atom stereocenters. The van der Waals surface area contributed by atoms with E-state index in [2.05, 4.69) is 42.3 Å². The minimum Gasteiger partial charge on any atom is -0.303 e. The highest BCUT2D eigenvalue weighted by molar-refractivity contribution is 8.00. The maximum absolute atomic E-state index is 2.75. The highest BCUT2D eigenvalue weighted by Gasteiger charge is 2.22. The number of hydrogen-bond donors (Lipinski definition) is 0. The Kier molecular flexibility index (Phi) is 10.1. The van der Waals surface area contributed by atoms with E-state index in [0.717, 1.165) is 17.1 Å². The molecule has 0 aromatic rings. The molecule has 0 aromatic carbocycles. The van der Waals surface area contributed by atoms with Crippen LogP contribution in [-0.2, 0) is 0 Å². The lowest BCUT2D eigenvalue weighted by Gasteiger charge is -2.34. The lowest BCUT2D eigenvalue weighted by molar-refractivity contribution is 0.176. The summed E-state index contributed by atoms with van der Waals surface area (Å²) >= 11 is 2.25. The fourth-order valence-corrected chi connectivity index (χ4v) is 5.49. The summed E-state index contributed by atoms with van der Waals surface area (Å²) in [5, 5.41) is 0.897. The molecule has 2 aliphatic rings. The Morgan fingerprint density at radius 3 is 2.25 bits per heavy atom. The van der Waals surface area contributed by atoms with Crippen LogP contribution in [0.2, 0.25) is 0 Å². The normalized spacial score (nSPS) is 24.2. The van der Waals surface area contributed by atoms with Crippen molar-refractivity contribution in [2.45, 2.75) is 77.4 Å². The van der Waals surface area contributed by atoms with Gasteiger partial charge in [0.2, 0.25) is 0 Å². The Morgan fingerprint density at radius 2 is 1.58 bits per heavy atom. The predicted molar refractivity (Wildman–Crippen MR) is 110 cm³/mol. The predicted octanol–water partition coefficient (Wildman–Crippen LogP) is 5.13. The van der Waals surface area contributed by atoms with Crippen LogP contribution in [0.15, 0.2) is 0 Å². The molecule has 2 nitrogen and oxygen atoms in total. The van der Waals surface area contributed by atoms with Crippen LogP contribution in [0.4, 0.5) is 0 Å². The van der Waals surface area contributed by atoms with Crippen LogP contribution in [0.3, 0.4) is 0 Å². The molecule has 2 saturated heterocycles. The largest absolute Gasteiger partial charge is 0.303 e. The topological polar surface area (TPSA) is 6.48 Å². The molecule has 0 radical (unpaired) electrons. The van der Waals surface area contributed by atoms with Gasteiger partial charge in [-0.05, 0) is 63.7 Å². The van der Waals surface area contributed by atoms with Crippen molar-refractivity contribution in [3.8, 4) is 0 Å². The second kappa shape index (κ2) is 11.8. The molecule has 2 fully saturated rings. The standard InChI is InChI=1S/C21H42N2S/c1-19(2)9-4-6-12-23-15-16-24-21(18-23)17-20(3)10-5-7-11-22-13-8-14-22/h19-21H,4-18H2,1-3H3/t20-,21?/m1/s1. The highest BCUT2D eigenvalue weighted by atomic mass is 32.2. The zero-order chi connectivity index (χ0) is 17.2. The average molecular weight is 355 g/mol. The summed E-state index contributed by atoms with van der Waals surface area (Å²) in [6.45, 7) is 15.3. The third-order valence-electron chi connectivity index (χ3n) is 5.76. The van der Waals surface area contributed by atoms with Gasteiger partial charge in [-0.1, -0.05) is 46.5 Å². The van der Waals surface area contributed by atoms with Crippen LogP contribution in [0.1, 0.15) is 72.1 Å². The third-order valence-corrected chi connectivity index (χ3v) is 7.00. The van der Waals surface area contributed by atoms with Gasteiger partial charge in [0.25, 0.3) is 0 Å². The third kappa shape index (κ3) is 8.58. The molecule has 0 spiro atoms. The van der Waals surface area contributed by atoms with Gasteiger partial charge in [-0.3, -0.25) is 0 Å². The van der Waals surface area contributed by atoms with E-state index in [4.69, 9.17) is 0 Å². The van der Waals surface area contributed by atoms with E-state index in [1.807, 2.05) is 0 Å². The van der Waals surface area contributed by atoms with E-state index in [1.165, 1.54) is 96.4 Å². The van der Waals surface area contributed by atoms with Crippen LogP contribution < -0.4 is 0 Å². The van der Waals surface area contributed by atoms with E-state index in [-0.39, 0.29) is 0 Å². The lowest BCUT2D eigenvalue weighted by atomic mass is 9.98. The van der Waals surface area contributed by atoms with E-state index in [9.17, 15) is 0 Å². The molecule has 3 heteroatoms. The Labute approximate surface area is 156 Å². The van der Waals surface area contributed by atoms with Crippen molar-refractivity contribution < 1.29 is 0 Å². The molecular weight excluding hydrogens is 312 g/mol. The molecule has 2 heterocycles. The maximum atomic E-state index is 2.75. The average Bonchev–Trinajstić information content (AvgIpc) is 2.50. The van der Waals surface area contributed by atoms with Gasteiger partial charge in [0.1, 0.15) is 0 Å². The minimum absolute atomic E-state index is 0.872. The molecule has 0 N–H and O–H groups in total. The molecule has 24 heavy (non-hydrogen) atoms. The number of likely N-dealkylation sites (tertiary alicyclic amines) is 1. The second-order valence-electron chi connectivity index (χ2n) is 8.71. The first-order valence-electron chi connectivity index (χ1n) is 10.7. The smallest absolute Gasteiger partial charge is 0.0178 e. The first-order valence-corrected chi connectivity index (χ1v) is 11.7. The SMILES string of the molecule is CC(C)CCCCN1CCSC(C[C@H](C)CCCCN2CCC2)C1. The summed E-state index contributed by atoms with van der Waals surface area (Å²) in [7, 11) is 0. The fourth-order valence-electron chi connectivity index (χ4n) is 4.01. The van der Waals surface area contributed by atoms with E-state index < -0.39 is 0 Å². The molecule has 0 aromatic heterocycles. The number of nitrogens with zero attached hydrogens (tertiary/aromatic N) is 2. The minimum atomic E-state index is 0.872. The van der Waals surface area contributed by atoms with Crippen molar-refractivity contribution in [2.24, 2.45) is 11.8 Å². The molecule has 0 bridgehead atoms. The van der Waals surface area contributed by atoms with Gasteiger partial charge in [-0.15, -0.1) is 0 Å². The molecule has 0 saturated carbocycles. The summed E-state index contributed by atoms with van der Waals surface area (Å²) in [5.41, 5.74) is 0. The maximum Gasteiger partial charge on any atom is 0.0178 e. The molecule has 2 aliphatic heterocycles. The quantitative estimate of drug-likeness (QED) is 0.448. The summed E-state index contributed by atoms with van der Waals surface area (Å²) < 4.78 is 0. The molecule has 0 aliphatic carbocycles. The van der Waals surface area contributed by atoms with Crippen molar-refractivity contribution in [1.82, 2.24) is 9.80 Å². The van der Waals surface area contributed by atoms with Gasteiger partial charge in [0.15, 0.2) is 0 Å². The Hall–Kier alpha value is 0.270. The van der Waals surface area contributed by atoms with E-state index >= 15 is 0 Å². The molecule has 142 valence electrons. The van der Waals surface area contributed by atoms with E-state index in [1.54, 1.807) is 0 Å². The van der Waals surface area contributed by atoms with Crippen LogP contribution in [-0.4, -0.2) is 60.1 Å². The fraction of sp³-hybridized carbons (Fsp3) is 1.00. The second-order valence-corrected chi connectivity index (χ2v) is 10.1. The van der Waals surface area contributed by atoms with Gasteiger partial charge in [0.05, 0.1) is 0 Å². The van der Waals surface area contributed by atoms with Gasteiger partial charge in [-0.2, -0.15) is 11.8 Å². The monoisotopic (exact) mass is 354 g/mol. The van der Waals surface area contributed by atoms with Crippen LogP contribution in [0.25, 0.3) is 0 Å². The van der Waals surface area contributed by atoms with E-state index in [0.29, 0.717) is 0 Å². The zero-order valence-corrected chi connectivity index (χ0v) is 17.5. The zero-order valence-electron chi connectivity index (χ0n) is 16.6. The lowest BCUT2D eigenvalue weighted by Crippen LogP contribution is -2.39. The van der Waals surface area contributed by atoms with Gasteiger partial charge in [0, 0.05) is 24.1 Å². The Bertz CT molecular complexity index is 317. The van der Waals surface area contributed by atoms with Crippen LogP contribution in [0, 0.1) is 11.8 Å². The van der Waals surface area contributed by atoms with Crippen molar-refractivity contribution in [2.75, 3.05) is 45.0 Å². The summed E-state index contributed by atoms with van der Waals surface area (Å²) in [6.07, 6.45) is 11.4. The molecule has 1 unspecified atom stereocenters. The van der Waals surface area contributed by atoms with Gasteiger partial charge >= 0.3 is 0 Å². The van der Waals surface area contributed by atoms with Crippen molar-refractivity contribution in [3.63, 3.8) is 0 Å². The van der Waals surface area contributed by atoms with Gasteiger partial charge < -0.3 is 9.80 Å². The Balaban J connectivity index is 1.50. The first-order chi connectivity index (χ1) is 11.6. The van der Waals surface area contributed by atoms with Crippen molar-refractivity contribution in [3.05, 3.63) is 0 Å². The summed E-state index contributed by atoms with van der Waals surface area (Å²) in [5.74, 6) is 3.15. The number of unbranched alkanes of at least 4 members (excludes halogenated alkanes) is 2. The summed E-state index contributed by atoms with van der Waals surface area (Å²) in [4.78, 5) is 5.36. The molecular formula is C21H42N2S. The van der Waals surface area contributed by atoms with Crippen LogP contribution in [0.5, 0.6) is 0 Å². The van der Waals surface area contributed by atoms with Crippen molar-refractivity contribution >= 4 is 11.8 Å². The molecule has 0 amide bonds. The van der Waals surface area contributed by atoms with Crippen molar-refractivity contribution in [1.29, 1.82) is 0 Å². The number of thioether (sulfide) groups is 1. The summed E-state index contributed by atoms with van der Waals surface area (Å²) in [6, 6.07) is 0. The first kappa shape index (κ1) is 20.6. The highest BCUT2D eigenvalue weighted by Crippen LogP contribution is 2.27.